The molecule has 0 aromatic carbocycles. The fourth-order valence-electron chi connectivity index (χ4n) is 3.06. The fraction of sp³-hybridized carbons (Fsp3) is 0.812. The van der Waals surface area contributed by atoms with Crippen LogP contribution in [0.1, 0.15) is 76.9 Å². The first-order valence-corrected chi connectivity index (χ1v) is 8.02. The molecule has 1 aromatic heterocycles. The Morgan fingerprint density at radius 2 is 2.05 bits per heavy atom. The van der Waals surface area contributed by atoms with Crippen molar-refractivity contribution < 1.29 is 0 Å². The van der Waals surface area contributed by atoms with Crippen molar-refractivity contribution in [2.75, 3.05) is 6.54 Å². The van der Waals surface area contributed by atoms with Crippen LogP contribution in [0.5, 0.6) is 0 Å². The monoisotopic (exact) mass is 263 g/mol. The smallest absolute Gasteiger partial charge is 0.0537 e. The summed E-state index contributed by atoms with van der Waals surface area (Å²) in [6, 6.07) is 1.10. The minimum Gasteiger partial charge on any atom is -0.310 e. The van der Waals surface area contributed by atoms with Crippen LogP contribution in [0.4, 0.5) is 0 Å². The molecule has 1 aliphatic carbocycles. The number of aromatic nitrogens is 2. The van der Waals surface area contributed by atoms with Crippen LogP contribution >= 0.6 is 0 Å². The van der Waals surface area contributed by atoms with E-state index in [4.69, 9.17) is 0 Å². The maximum Gasteiger partial charge on any atom is 0.0537 e. The zero-order valence-electron chi connectivity index (χ0n) is 12.7. The molecular weight excluding hydrogens is 234 g/mol. The summed E-state index contributed by atoms with van der Waals surface area (Å²) in [5.41, 5.74) is 1.36. The molecule has 0 bridgehead atoms. The maximum atomic E-state index is 4.62. The molecule has 19 heavy (non-hydrogen) atoms. The second kappa shape index (κ2) is 7.09. The van der Waals surface area contributed by atoms with E-state index in [1.54, 1.807) is 0 Å². The summed E-state index contributed by atoms with van der Waals surface area (Å²) >= 11 is 0. The van der Waals surface area contributed by atoms with Gasteiger partial charge in [-0.25, -0.2) is 0 Å². The molecule has 3 nitrogen and oxygen atoms in total. The first-order chi connectivity index (χ1) is 9.24. The highest BCUT2D eigenvalue weighted by Gasteiger charge is 2.21. The molecule has 0 aliphatic heterocycles. The normalized spacial score (nSPS) is 25.4. The Balaban J connectivity index is 1.97. The van der Waals surface area contributed by atoms with Crippen molar-refractivity contribution in [3.63, 3.8) is 0 Å². The molecule has 1 aliphatic rings. The van der Waals surface area contributed by atoms with Crippen LogP contribution in [0, 0.1) is 5.92 Å². The van der Waals surface area contributed by atoms with E-state index in [9.17, 15) is 0 Å². The minimum atomic E-state index is 0.469. The minimum absolute atomic E-state index is 0.469. The van der Waals surface area contributed by atoms with E-state index in [2.05, 4.69) is 48.3 Å². The predicted molar refractivity (Wildman–Crippen MR) is 80.2 cm³/mol. The lowest BCUT2D eigenvalue weighted by molar-refractivity contribution is 0.273. The molecule has 1 aromatic rings. The molecule has 1 heterocycles. The van der Waals surface area contributed by atoms with Crippen molar-refractivity contribution in [1.29, 1.82) is 0 Å². The molecular formula is C16H29N3. The first-order valence-electron chi connectivity index (χ1n) is 8.02. The average Bonchev–Trinajstić information content (AvgIpc) is 2.90. The fourth-order valence-corrected chi connectivity index (χ4v) is 3.06. The van der Waals surface area contributed by atoms with Crippen molar-refractivity contribution in [1.82, 2.24) is 15.1 Å². The Labute approximate surface area is 117 Å². The van der Waals surface area contributed by atoms with Gasteiger partial charge < -0.3 is 5.32 Å². The molecule has 3 heteroatoms. The summed E-state index contributed by atoms with van der Waals surface area (Å²) in [6.45, 7) is 7.91. The van der Waals surface area contributed by atoms with Gasteiger partial charge in [0.15, 0.2) is 0 Å². The highest BCUT2D eigenvalue weighted by Crippen LogP contribution is 2.32. The molecule has 1 atom stereocenters. The van der Waals surface area contributed by atoms with E-state index >= 15 is 0 Å². The summed E-state index contributed by atoms with van der Waals surface area (Å²) in [6.07, 6.45) is 11.9. The second-order valence-corrected chi connectivity index (χ2v) is 6.08. The topological polar surface area (TPSA) is 29.9 Å². The summed E-state index contributed by atoms with van der Waals surface area (Å²) in [7, 11) is 0. The van der Waals surface area contributed by atoms with Gasteiger partial charge in [0.25, 0.3) is 0 Å². The number of hydrogen-bond donors (Lipinski definition) is 1. The van der Waals surface area contributed by atoms with Crippen LogP contribution < -0.4 is 5.32 Å². The highest BCUT2D eigenvalue weighted by molar-refractivity contribution is 5.10. The summed E-state index contributed by atoms with van der Waals surface area (Å²) in [4.78, 5) is 0. The highest BCUT2D eigenvalue weighted by atomic mass is 15.3. The van der Waals surface area contributed by atoms with Gasteiger partial charge >= 0.3 is 0 Å². The van der Waals surface area contributed by atoms with Crippen molar-refractivity contribution in [2.45, 2.75) is 71.4 Å². The lowest BCUT2D eigenvalue weighted by atomic mass is 9.87. The van der Waals surface area contributed by atoms with Gasteiger partial charge in [0.2, 0.25) is 0 Å². The first kappa shape index (κ1) is 14.6. The third-order valence-corrected chi connectivity index (χ3v) is 4.43. The van der Waals surface area contributed by atoms with Crippen LogP contribution in [0.2, 0.25) is 0 Å². The number of rotatable bonds is 6. The quantitative estimate of drug-likeness (QED) is 0.838. The van der Waals surface area contributed by atoms with Crippen molar-refractivity contribution >= 4 is 0 Å². The largest absolute Gasteiger partial charge is 0.310 e. The molecule has 0 spiro atoms. The van der Waals surface area contributed by atoms with Gasteiger partial charge in [-0.2, -0.15) is 5.10 Å². The van der Waals surface area contributed by atoms with Gasteiger partial charge in [0.05, 0.1) is 12.2 Å². The Hall–Kier alpha value is -0.830. The van der Waals surface area contributed by atoms with E-state index in [0.29, 0.717) is 12.1 Å². The van der Waals surface area contributed by atoms with Gasteiger partial charge in [0, 0.05) is 17.8 Å². The van der Waals surface area contributed by atoms with E-state index in [1.807, 2.05) is 0 Å². The summed E-state index contributed by atoms with van der Waals surface area (Å²) in [5, 5.41) is 8.22. The van der Waals surface area contributed by atoms with Crippen LogP contribution in [-0.4, -0.2) is 16.3 Å². The number of nitrogens with zero attached hydrogens (tertiary/aromatic N) is 2. The summed E-state index contributed by atoms with van der Waals surface area (Å²) in [5.74, 6) is 0.904. The lowest BCUT2D eigenvalue weighted by Crippen LogP contribution is -2.21. The van der Waals surface area contributed by atoms with Crippen molar-refractivity contribution in [2.24, 2.45) is 5.92 Å². The molecule has 1 N–H and O–H groups in total. The Kier molecular flexibility index (Phi) is 5.44. The third kappa shape index (κ3) is 3.82. The van der Waals surface area contributed by atoms with Crippen molar-refractivity contribution in [3.8, 4) is 0 Å². The van der Waals surface area contributed by atoms with Crippen LogP contribution in [0.15, 0.2) is 12.4 Å². The molecule has 0 radical (unpaired) electrons. The van der Waals surface area contributed by atoms with E-state index in [-0.39, 0.29) is 0 Å². The van der Waals surface area contributed by atoms with Gasteiger partial charge in [-0.3, -0.25) is 4.68 Å². The molecule has 2 rings (SSSR count). The Bertz CT molecular complexity index is 345. The molecule has 1 unspecified atom stereocenters. The maximum absolute atomic E-state index is 4.62. The Morgan fingerprint density at radius 3 is 2.68 bits per heavy atom. The number of hydrogen-bond acceptors (Lipinski definition) is 2. The van der Waals surface area contributed by atoms with E-state index in [0.717, 1.165) is 18.9 Å². The molecule has 1 saturated carbocycles. The van der Waals surface area contributed by atoms with E-state index < -0.39 is 0 Å². The number of nitrogens with one attached hydrogen (secondary N) is 1. The average molecular weight is 263 g/mol. The zero-order valence-corrected chi connectivity index (χ0v) is 12.7. The Morgan fingerprint density at radius 1 is 1.32 bits per heavy atom. The standard InChI is InChI=1S/C16H29N3/c1-4-10-17-16(5-2)14-11-18-19(12-14)15-8-6-13(3)7-9-15/h11-13,15-17H,4-10H2,1-3H3. The van der Waals surface area contributed by atoms with Gasteiger partial charge in [0.1, 0.15) is 0 Å². The van der Waals surface area contributed by atoms with Crippen LogP contribution in [-0.2, 0) is 0 Å². The molecule has 108 valence electrons. The second-order valence-electron chi connectivity index (χ2n) is 6.08. The molecule has 1 fully saturated rings. The zero-order chi connectivity index (χ0) is 13.7. The van der Waals surface area contributed by atoms with Gasteiger partial charge in [-0.05, 0) is 51.0 Å². The summed E-state index contributed by atoms with van der Waals surface area (Å²) < 4.78 is 2.22. The molecule has 0 saturated heterocycles. The molecule has 0 amide bonds. The van der Waals surface area contributed by atoms with Crippen LogP contribution in [0.3, 0.4) is 0 Å². The van der Waals surface area contributed by atoms with Crippen molar-refractivity contribution in [3.05, 3.63) is 18.0 Å². The predicted octanol–water partition coefficient (Wildman–Crippen LogP) is 4.09. The van der Waals surface area contributed by atoms with Gasteiger partial charge in [-0.15, -0.1) is 0 Å². The van der Waals surface area contributed by atoms with E-state index in [1.165, 1.54) is 37.7 Å². The SMILES string of the molecule is CCCNC(CC)c1cnn(C2CCC(C)CC2)c1. The third-order valence-electron chi connectivity index (χ3n) is 4.43. The van der Waals surface area contributed by atoms with Crippen LogP contribution in [0.25, 0.3) is 0 Å². The lowest BCUT2D eigenvalue weighted by Gasteiger charge is -2.26. The van der Waals surface area contributed by atoms with Gasteiger partial charge in [-0.1, -0.05) is 20.8 Å².